The van der Waals surface area contributed by atoms with Crippen LogP contribution in [0.2, 0.25) is 0 Å². The number of H-pyrrole nitrogens is 1. The monoisotopic (exact) mass is 461 g/mol. The zero-order valence-corrected chi connectivity index (χ0v) is 18.8. The van der Waals surface area contributed by atoms with E-state index >= 15 is 0 Å². The average Bonchev–Trinajstić information content (AvgIpc) is 3.20. The van der Waals surface area contributed by atoms with Gasteiger partial charge in [0.05, 0.1) is 25.5 Å². The van der Waals surface area contributed by atoms with Gasteiger partial charge in [0.15, 0.2) is 11.5 Å². The van der Waals surface area contributed by atoms with Crippen molar-refractivity contribution >= 4 is 28.4 Å². The van der Waals surface area contributed by atoms with Crippen molar-refractivity contribution < 1.29 is 23.5 Å². The number of ether oxygens (including phenoxy) is 2. The lowest BCUT2D eigenvalue weighted by Gasteiger charge is -2.14. The molecule has 3 aromatic carbocycles. The first-order valence-electron chi connectivity index (χ1n) is 10.6. The number of aromatic nitrogens is 1. The van der Waals surface area contributed by atoms with Crippen LogP contribution >= 0.6 is 0 Å². The van der Waals surface area contributed by atoms with Crippen molar-refractivity contribution in [3.05, 3.63) is 77.6 Å². The Labute approximate surface area is 195 Å². The van der Waals surface area contributed by atoms with Crippen molar-refractivity contribution in [3.8, 4) is 22.8 Å². The molecule has 8 heteroatoms. The van der Waals surface area contributed by atoms with Gasteiger partial charge in [-0.05, 0) is 41.8 Å². The van der Waals surface area contributed by atoms with Crippen LogP contribution in [0.15, 0.2) is 60.7 Å². The van der Waals surface area contributed by atoms with Crippen LogP contribution in [0.4, 0.5) is 10.1 Å². The van der Waals surface area contributed by atoms with Crippen LogP contribution in [0.5, 0.6) is 11.5 Å². The molecule has 0 saturated carbocycles. The Bertz CT molecular complexity index is 1370. The van der Waals surface area contributed by atoms with Crippen LogP contribution in [-0.4, -0.2) is 31.0 Å². The lowest BCUT2D eigenvalue weighted by atomic mass is 10.0. The first-order chi connectivity index (χ1) is 16.4. The molecule has 0 unspecified atom stereocenters. The molecule has 0 fully saturated rings. The van der Waals surface area contributed by atoms with Gasteiger partial charge in [0.25, 0.3) is 5.91 Å². The molecule has 4 rings (SSSR count). The lowest BCUT2D eigenvalue weighted by molar-refractivity contribution is -0.116. The van der Waals surface area contributed by atoms with Crippen molar-refractivity contribution in [2.75, 3.05) is 19.5 Å². The van der Waals surface area contributed by atoms with Crippen LogP contribution in [0.1, 0.15) is 22.3 Å². The van der Waals surface area contributed by atoms with E-state index in [-0.39, 0.29) is 29.4 Å². The van der Waals surface area contributed by atoms with Gasteiger partial charge in [0.1, 0.15) is 5.82 Å². The van der Waals surface area contributed by atoms with Gasteiger partial charge in [-0.1, -0.05) is 30.3 Å². The minimum atomic E-state index is -0.713. The zero-order chi connectivity index (χ0) is 24.2. The number of nitrogens with one attached hydrogen (secondary N) is 2. The molecule has 174 valence electrons. The minimum Gasteiger partial charge on any atom is -0.493 e. The van der Waals surface area contributed by atoms with Gasteiger partial charge in [0, 0.05) is 29.1 Å². The van der Waals surface area contributed by atoms with E-state index in [9.17, 15) is 14.0 Å². The fourth-order valence-corrected chi connectivity index (χ4v) is 3.97. The predicted molar refractivity (Wildman–Crippen MR) is 129 cm³/mol. The number of benzene rings is 3. The summed E-state index contributed by atoms with van der Waals surface area (Å²) in [6.45, 7) is 0. The number of amides is 2. The molecule has 0 bridgehead atoms. The number of anilines is 1. The van der Waals surface area contributed by atoms with Gasteiger partial charge in [-0.3, -0.25) is 9.59 Å². The van der Waals surface area contributed by atoms with Crippen molar-refractivity contribution in [1.82, 2.24) is 4.98 Å². The van der Waals surface area contributed by atoms with Gasteiger partial charge in [-0.2, -0.15) is 0 Å². The summed E-state index contributed by atoms with van der Waals surface area (Å²) < 4.78 is 24.5. The molecule has 2 amide bonds. The van der Waals surface area contributed by atoms with Gasteiger partial charge < -0.3 is 25.5 Å². The molecule has 0 aliphatic rings. The summed E-state index contributed by atoms with van der Waals surface area (Å²) in [6.07, 6.45) is 0.439. The maximum absolute atomic E-state index is 14.0. The van der Waals surface area contributed by atoms with E-state index in [1.165, 1.54) is 38.5 Å². The molecule has 34 heavy (non-hydrogen) atoms. The Morgan fingerprint density at radius 3 is 2.38 bits per heavy atom. The summed E-state index contributed by atoms with van der Waals surface area (Å²) in [7, 11) is 2.89. The largest absolute Gasteiger partial charge is 0.493 e. The number of rotatable bonds is 8. The number of fused-ring (bicyclic) bond motifs is 1. The fourth-order valence-electron chi connectivity index (χ4n) is 3.97. The second kappa shape index (κ2) is 9.66. The molecule has 0 aliphatic heterocycles. The van der Waals surface area contributed by atoms with Gasteiger partial charge in [-0.25, -0.2) is 4.39 Å². The molecular formula is C26H24FN3O4. The number of nitrogens with two attached hydrogens (primary N) is 1. The number of carbonyl (C=O) groups excluding carboxylic acids is 2. The highest BCUT2D eigenvalue weighted by molar-refractivity contribution is 6.04. The van der Waals surface area contributed by atoms with E-state index in [4.69, 9.17) is 15.2 Å². The topological polar surface area (TPSA) is 106 Å². The highest BCUT2D eigenvalue weighted by Gasteiger charge is 2.19. The maximum Gasteiger partial charge on any atom is 0.250 e. The summed E-state index contributed by atoms with van der Waals surface area (Å²) in [5.74, 6) is -0.730. The van der Waals surface area contributed by atoms with Crippen molar-refractivity contribution in [2.45, 2.75) is 12.8 Å². The maximum atomic E-state index is 14.0. The summed E-state index contributed by atoms with van der Waals surface area (Å²) in [5, 5.41) is 3.46. The number of carbonyl (C=O) groups is 2. The first kappa shape index (κ1) is 22.8. The third-order valence-electron chi connectivity index (χ3n) is 5.60. The van der Waals surface area contributed by atoms with Crippen molar-refractivity contribution in [3.63, 3.8) is 0 Å². The molecule has 0 atom stereocenters. The fraction of sp³-hybridized carbons (Fsp3) is 0.154. The Kier molecular flexibility index (Phi) is 6.49. The van der Waals surface area contributed by atoms with Crippen LogP contribution < -0.4 is 20.5 Å². The molecule has 0 aliphatic carbocycles. The van der Waals surface area contributed by atoms with E-state index in [0.29, 0.717) is 17.9 Å². The van der Waals surface area contributed by atoms with Crippen LogP contribution in [0, 0.1) is 5.82 Å². The Morgan fingerprint density at radius 1 is 1.00 bits per heavy atom. The molecule has 1 heterocycles. The highest BCUT2D eigenvalue weighted by atomic mass is 19.1. The van der Waals surface area contributed by atoms with E-state index in [2.05, 4.69) is 10.3 Å². The van der Waals surface area contributed by atoms with Gasteiger partial charge in [0.2, 0.25) is 5.91 Å². The van der Waals surface area contributed by atoms with Crippen molar-refractivity contribution in [2.24, 2.45) is 5.73 Å². The summed E-state index contributed by atoms with van der Waals surface area (Å²) in [6, 6.07) is 17.1. The normalized spacial score (nSPS) is 10.8. The number of aromatic amines is 1. The quantitative estimate of drug-likeness (QED) is 0.355. The predicted octanol–water partition coefficient (Wildman–Crippen LogP) is 4.66. The van der Waals surface area contributed by atoms with E-state index in [1.807, 2.05) is 30.3 Å². The Hall–Kier alpha value is -4.33. The van der Waals surface area contributed by atoms with E-state index < -0.39 is 5.91 Å². The average molecular weight is 461 g/mol. The SMILES string of the molecule is COc1cc(NC(=O)CCc2c(-c3ccccc3)[nH]c3ccc(F)cc23)c(C(N)=O)cc1OC. The second-order valence-electron chi connectivity index (χ2n) is 7.70. The molecule has 4 N–H and O–H groups in total. The van der Waals surface area contributed by atoms with Crippen LogP contribution in [-0.2, 0) is 11.2 Å². The summed E-state index contributed by atoms with van der Waals surface area (Å²) in [5.41, 5.74) is 9.20. The smallest absolute Gasteiger partial charge is 0.250 e. The molecule has 1 aromatic heterocycles. The summed E-state index contributed by atoms with van der Waals surface area (Å²) >= 11 is 0. The Morgan fingerprint density at radius 2 is 1.71 bits per heavy atom. The number of primary amides is 1. The zero-order valence-electron chi connectivity index (χ0n) is 18.8. The number of aryl methyl sites for hydroxylation is 1. The molecule has 7 nitrogen and oxygen atoms in total. The summed E-state index contributed by atoms with van der Waals surface area (Å²) in [4.78, 5) is 28.1. The third kappa shape index (κ3) is 4.56. The van der Waals surface area contributed by atoms with Gasteiger partial charge >= 0.3 is 0 Å². The molecule has 0 radical (unpaired) electrons. The molecule has 0 spiro atoms. The lowest BCUT2D eigenvalue weighted by Crippen LogP contribution is -2.19. The minimum absolute atomic E-state index is 0.0931. The molecule has 4 aromatic rings. The third-order valence-corrected chi connectivity index (χ3v) is 5.60. The van der Waals surface area contributed by atoms with Crippen LogP contribution in [0.25, 0.3) is 22.2 Å². The van der Waals surface area contributed by atoms with E-state index in [1.54, 1.807) is 6.07 Å². The first-order valence-corrected chi connectivity index (χ1v) is 10.6. The van der Waals surface area contributed by atoms with Crippen LogP contribution in [0.3, 0.4) is 0 Å². The molecule has 0 saturated heterocycles. The standard InChI is InChI=1S/C26H24FN3O4/c1-33-22-13-19(26(28)32)21(14-23(22)34-2)29-24(31)11-9-17-18-12-16(27)8-10-20(18)30-25(17)15-6-4-3-5-7-15/h3-8,10,12-14,30H,9,11H2,1-2H3,(H2,28,32)(H,29,31). The van der Waals surface area contributed by atoms with E-state index in [0.717, 1.165) is 27.7 Å². The number of hydrogen-bond acceptors (Lipinski definition) is 4. The number of methoxy groups -OCH3 is 2. The van der Waals surface area contributed by atoms with Gasteiger partial charge in [-0.15, -0.1) is 0 Å². The number of halogens is 1. The Balaban J connectivity index is 1.62. The second-order valence-corrected chi connectivity index (χ2v) is 7.70. The number of hydrogen-bond donors (Lipinski definition) is 3. The molecular weight excluding hydrogens is 437 g/mol. The van der Waals surface area contributed by atoms with Crippen molar-refractivity contribution in [1.29, 1.82) is 0 Å². The highest BCUT2D eigenvalue weighted by Crippen LogP contribution is 2.34.